The van der Waals surface area contributed by atoms with Crippen molar-refractivity contribution in [2.75, 3.05) is 13.2 Å². The van der Waals surface area contributed by atoms with Crippen LogP contribution in [0.2, 0.25) is 0 Å². The molecular formula is C15H21N3O4S. The minimum atomic E-state index is -0.271. The highest BCUT2D eigenvalue weighted by atomic mass is 32.1. The molecule has 8 heteroatoms. The average molecular weight is 339 g/mol. The smallest absolute Gasteiger partial charge is 0.274 e. The van der Waals surface area contributed by atoms with Crippen molar-refractivity contribution in [3.05, 3.63) is 28.6 Å². The summed E-state index contributed by atoms with van der Waals surface area (Å²) < 4.78 is 11.1. The van der Waals surface area contributed by atoms with Gasteiger partial charge in [0.1, 0.15) is 16.7 Å². The fraction of sp³-hybridized carbons (Fsp3) is 0.533. The number of rotatable bonds is 8. The second-order valence-corrected chi connectivity index (χ2v) is 6.22. The number of aliphatic hydroxyl groups excluding tert-OH is 1. The van der Waals surface area contributed by atoms with Crippen LogP contribution in [0.5, 0.6) is 5.19 Å². The number of hydrogen-bond donors (Lipinski definition) is 2. The van der Waals surface area contributed by atoms with Gasteiger partial charge in [-0.2, -0.15) is 0 Å². The third-order valence-corrected chi connectivity index (χ3v) is 4.48. The van der Waals surface area contributed by atoms with Gasteiger partial charge in [0.2, 0.25) is 0 Å². The first-order valence-corrected chi connectivity index (χ1v) is 8.31. The number of nitrogens with zero attached hydrogens (tertiary/aromatic N) is 2. The lowest BCUT2D eigenvalue weighted by Gasteiger charge is -2.22. The molecular weight excluding hydrogens is 318 g/mol. The van der Waals surface area contributed by atoms with Crippen LogP contribution in [0.3, 0.4) is 0 Å². The SMILES string of the molecule is CCC(C)C(Oc1ncc(C(=O)NCCO)s1)c1cnoc1C. The van der Waals surface area contributed by atoms with Crippen LogP contribution in [0.25, 0.3) is 0 Å². The maximum atomic E-state index is 11.8. The van der Waals surface area contributed by atoms with Crippen molar-refractivity contribution in [2.45, 2.75) is 33.3 Å². The highest BCUT2D eigenvalue weighted by Gasteiger charge is 2.26. The Bertz CT molecular complexity index is 640. The second kappa shape index (κ2) is 8.07. The van der Waals surface area contributed by atoms with E-state index in [1.807, 2.05) is 6.92 Å². The van der Waals surface area contributed by atoms with Crippen LogP contribution in [0.15, 0.2) is 16.9 Å². The van der Waals surface area contributed by atoms with Gasteiger partial charge in [0.25, 0.3) is 11.1 Å². The zero-order valence-corrected chi connectivity index (χ0v) is 14.2. The molecule has 126 valence electrons. The normalized spacial score (nSPS) is 13.6. The van der Waals surface area contributed by atoms with Crippen molar-refractivity contribution < 1.29 is 19.2 Å². The minimum absolute atomic E-state index is 0.100. The lowest BCUT2D eigenvalue weighted by molar-refractivity contribution is 0.0948. The molecule has 2 unspecified atom stereocenters. The zero-order chi connectivity index (χ0) is 16.8. The van der Waals surface area contributed by atoms with Crippen LogP contribution in [0.1, 0.15) is 47.4 Å². The van der Waals surface area contributed by atoms with E-state index >= 15 is 0 Å². The van der Waals surface area contributed by atoms with Crippen LogP contribution in [-0.2, 0) is 0 Å². The number of ether oxygens (including phenoxy) is 1. The molecule has 2 rings (SSSR count). The Morgan fingerprint density at radius 2 is 2.30 bits per heavy atom. The molecule has 0 aliphatic rings. The number of hydrogen-bond acceptors (Lipinski definition) is 7. The molecule has 0 saturated heterocycles. The molecule has 2 aromatic rings. The van der Waals surface area contributed by atoms with E-state index in [1.54, 1.807) is 6.20 Å². The Balaban J connectivity index is 2.13. The number of aromatic nitrogens is 2. The monoisotopic (exact) mass is 339 g/mol. The standard InChI is InChI=1S/C15H21N3O4S/c1-4-9(2)13(11-7-18-22-10(11)3)21-15-17-8-12(23-15)14(20)16-5-6-19/h7-9,13,19H,4-6H2,1-3H3,(H,16,20). The van der Waals surface area contributed by atoms with Gasteiger partial charge in [-0.05, 0) is 19.3 Å². The minimum Gasteiger partial charge on any atom is -0.461 e. The van der Waals surface area contributed by atoms with Crippen molar-refractivity contribution in [3.8, 4) is 5.19 Å². The van der Waals surface area contributed by atoms with E-state index in [1.165, 1.54) is 17.5 Å². The number of amides is 1. The van der Waals surface area contributed by atoms with Crippen molar-refractivity contribution in [3.63, 3.8) is 0 Å². The molecule has 0 fully saturated rings. The van der Waals surface area contributed by atoms with E-state index in [4.69, 9.17) is 14.4 Å². The summed E-state index contributed by atoms with van der Waals surface area (Å²) >= 11 is 1.17. The third-order valence-electron chi connectivity index (χ3n) is 3.59. The molecule has 0 aliphatic carbocycles. The Labute approximate surface area is 138 Å². The third kappa shape index (κ3) is 4.29. The van der Waals surface area contributed by atoms with Gasteiger partial charge < -0.3 is 19.7 Å². The molecule has 0 bridgehead atoms. The topological polar surface area (TPSA) is 97.5 Å². The van der Waals surface area contributed by atoms with E-state index in [-0.39, 0.29) is 31.1 Å². The molecule has 1 amide bonds. The second-order valence-electron chi connectivity index (χ2n) is 5.23. The van der Waals surface area contributed by atoms with Crippen molar-refractivity contribution in [1.82, 2.24) is 15.5 Å². The quantitative estimate of drug-likeness (QED) is 0.766. The van der Waals surface area contributed by atoms with Gasteiger partial charge in [-0.15, -0.1) is 0 Å². The molecule has 2 N–H and O–H groups in total. The maximum Gasteiger partial charge on any atom is 0.274 e. The average Bonchev–Trinajstić information content (AvgIpc) is 3.18. The summed E-state index contributed by atoms with van der Waals surface area (Å²) in [4.78, 5) is 16.4. The van der Waals surface area contributed by atoms with Gasteiger partial charge in [0.15, 0.2) is 0 Å². The highest BCUT2D eigenvalue weighted by molar-refractivity contribution is 7.15. The summed E-state index contributed by atoms with van der Waals surface area (Å²) in [5.74, 6) is 0.684. The summed E-state index contributed by atoms with van der Waals surface area (Å²) in [5, 5.41) is 15.6. The molecule has 0 aliphatic heterocycles. The Kier molecular flexibility index (Phi) is 6.12. The maximum absolute atomic E-state index is 11.8. The summed E-state index contributed by atoms with van der Waals surface area (Å²) in [6, 6.07) is 0. The molecule has 0 spiro atoms. The van der Waals surface area contributed by atoms with E-state index in [2.05, 4.69) is 29.3 Å². The number of aryl methyl sites for hydroxylation is 1. The fourth-order valence-corrected chi connectivity index (χ4v) is 2.78. The van der Waals surface area contributed by atoms with E-state index in [0.29, 0.717) is 15.8 Å². The van der Waals surface area contributed by atoms with Crippen LogP contribution in [0, 0.1) is 12.8 Å². The first-order valence-electron chi connectivity index (χ1n) is 7.49. The highest BCUT2D eigenvalue weighted by Crippen LogP contribution is 2.33. The Hall–Kier alpha value is -1.93. The molecule has 7 nitrogen and oxygen atoms in total. The predicted octanol–water partition coefficient (Wildman–Crippen LogP) is 2.33. The first-order chi connectivity index (χ1) is 11.1. The van der Waals surface area contributed by atoms with E-state index in [9.17, 15) is 4.79 Å². The van der Waals surface area contributed by atoms with Crippen LogP contribution < -0.4 is 10.1 Å². The van der Waals surface area contributed by atoms with E-state index in [0.717, 1.165) is 12.0 Å². The van der Waals surface area contributed by atoms with Gasteiger partial charge in [-0.1, -0.05) is 30.3 Å². The largest absolute Gasteiger partial charge is 0.461 e. The molecule has 0 saturated carbocycles. The number of carbonyl (C=O) groups is 1. The lowest BCUT2D eigenvalue weighted by Crippen LogP contribution is -2.25. The molecule has 23 heavy (non-hydrogen) atoms. The number of aliphatic hydroxyl groups is 1. The van der Waals surface area contributed by atoms with Gasteiger partial charge in [0, 0.05) is 6.54 Å². The van der Waals surface area contributed by atoms with Crippen molar-refractivity contribution >= 4 is 17.2 Å². The summed E-state index contributed by atoms with van der Waals surface area (Å²) in [6.07, 6.45) is 3.82. The summed E-state index contributed by atoms with van der Waals surface area (Å²) in [6.45, 7) is 6.12. The fourth-order valence-electron chi connectivity index (χ4n) is 2.06. The molecule has 0 radical (unpaired) electrons. The molecule has 2 atom stereocenters. The molecule has 2 aromatic heterocycles. The van der Waals surface area contributed by atoms with Crippen LogP contribution in [-0.4, -0.2) is 34.3 Å². The molecule has 0 aromatic carbocycles. The van der Waals surface area contributed by atoms with Gasteiger partial charge in [-0.25, -0.2) is 4.98 Å². The van der Waals surface area contributed by atoms with Crippen LogP contribution in [0.4, 0.5) is 0 Å². The van der Waals surface area contributed by atoms with Crippen molar-refractivity contribution in [1.29, 1.82) is 0 Å². The summed E-state index contributed by atoms with van der Waals surface area (Å²) in [7, 11) is 0. The lowest BCUT2D eigenvalue weighted by atomic mass is 9.96. The number of carbonyl (C=O) groups excluding carboxylic acids is 1. The number of thiazole rings is 1. The van der Waals surface area contributed by atoms with Crippen molar-refractivity contribution in [2.24, 2.45) is 5.92 Å². The Morgan fingerprint density at radius 3 is 2.91 bits per heavy atom. The predicted molar refractivity (Wildman–Crippen MR) is 85.6 cm³/mol. The Morgan fingerprint density at radius 1 is 1.52 bits per heavy atom. The van der Waals surface area contributed by atoms with E-state index < -0.39 is 0 Å². The van der Waals surface area contributed by atoms with Gasteiger partial charge in [0.05, 0.1) is 24.6 Å². The first kappa shape index (κ1) is 17.4. The van der Waals surface area contributed by atoms with Gasteiger partial charge in [-0.3, -0.25) is 4.79 Å². The summed E-state index contributed by atoms with van der Waals surface area (Å²) in [5.41, 5.74) is 0.890. The molecule has 2 heterocycles. The number of nitrogens with one attached hydrogen (secondary N) is 1. The van der Waals surface area contributed by atoms with Gasteiger partial charge >= 0.3 is 0 Å². The zero-order valence-electron chi connectivity index (χ0n) is 13.4. The van der Waals surface area contributed by atoms with Crippen LogP contribution >= 0.6 is 11.3 Å².